The normalized spacial score (nSPS) is 15.7. The molecule has 38 heavy (non-hydrogen) atoms. The molecule has 4 heterocycles. The van der Waals surface area contributed by atoms with Gasteiger partial charge >= 0.3 is 6.09 Å². The Morgan fingerprint density at radius 1 is 1.24 bits per heavy atom. The summed E-state index contributed by atoms with van der Waals surface area (Å²) in [4.78, 5) is 22.5. The molecule has 1 amide bonds. The first kappa shape index (κ1) is 26.4. The zero-order chi connectivity index (χ0) is 27.2. The third-order valence-electron chi connectivity index (χ3n) is 7.26. The summed E-state index contributed by atoms with van der Waals surface area (Å²) in [5.74, 6) is 1.78. The van der Waals surface area contributed by atoms with Crippen molar-refractivity contribution in [2.24, 2.45) is 4.40 Å². The van der Waals surface area contributed by atoms with Gasteiger partial charge in [-0.3, -0.25) is 9.88 Å². The summed E-state index contributed by atoms with van der Waals surface area (Å²) in [5.41, 5.74) is 6.58. The van der Waals surface area contributed by atoms with E-state index in [1.165, 1.54) is 28.8 Å². The second-order valence-corrected chi connectivity index (χ2v) is 11.7. The number of amidine groups is 1. The SMILES string of the molecule is COc1c(C)cnc(Cn2nc3cc(CCN4CCC4)c4c-3c(n2)C(N(C(=O)O)C(C)(C)C)=NSC4)c1C. The van der Waals surface area contributed by atoms with Gasteiger partial charge in [0.05, 0.1) is 18.5 Å². The Morgan fingerprint density at radius 2 is 2.00 bits per heavy atom. The molecule has 0 atom stereocenters. The molecule has 0 bridgehead atoms. The summed E-state index contributed by atoms with van der Waals surface area (Å²) in [7, 11) is 1.66. The largest absolute Gasteiger partial charge is 0.496 e. The maximum absolute atomic E-state index is 12.5. The lowest BCUT2D eigenvalue weighted by molar-refractivity contribution is 0.141. The molecule has 0 saturated carbocycles. The lowest BCUT2D eigenvalue weighted by Gasteiger charge is -2.33. The predicted octanol–water partition coefficient (Wildman–Crippen LogP) is 4.39. The summed E-state index contributed by atoms with van der Waals surface area (Å²) in [6.07, 6.45) is 2.90. The number of rotatable bonds is 6. The zero-order valence-electron chi connectivity index (χ0n) is 22.9. The Morgan fingerprint density at radius 3 is 2.63 bits per heavy atom. The number of hydrogen-bond acceptors (Lipinski definition) is 8. The number of pyridine rings is 1. The van der Waals surface area contributed by atoms with Crippen molar-refractivity contribution in [1.82, 2.24) is 29.8 Å². The van der Waals surface area contributed by atoms with E-state index < -0.39 is 11.6 Å². The highest BCUT2D eigenvalue weighted by atomic mass is 32.2. The van der Waals surface area contributed by atoms with Gasteiger partial charge < -0.3 is 14.7 Å². The Balaban J connectivity index is 1.64. The molecule has 1 aliphatic carbocycles. The van der Waals surface area contributed by atoms with Crippen LogP contribution in [0.1, 0.15) is 60.8 Å². The molecule has 0 radical (unpaired) electrons. The molecule has 5 rings (SSSR count). The first-order valence-electron chi connectivity index (χ1n) is 12.9. The Hall–Kier alpha value is -3.18. The van der Waals surface area contributed by atoms with Gasteiger partial charge in [-0.15, -0.1) is 0 Å². The van der Waals surface area contributed by atoms with E-state index in [1.807, 2.05) is 34.6 Å². The number of carbonyl (C=O) groups is 1. The van der Waals surface area contributed by atoms with Crippen LogP contribution >= 0.6 is 11.9 Å². The topological polar surface area (TPSA) is 109 Å². The number of aromatic nitrogens is 4. The summed E-state index contributed by atoms with van der Waals surface area (Å²) in [6.45, 7) is 13.1. The van der Waals surface area contributed by atoms with Crippen LogP contribution in [0.5, 0.6) is 5.75 Å². The number of likely N-dealkylation sites (tertiary alicyclic amines) is 1. The first-order valence-corrected chi connectivity index (χ1v) is 13.9. The monoisotopic (exact) mass is 537 g/mol. The van der Waals surface area contributed by atoms with Crippen LogP contribution in [0, 0.1) is 13.8 Å². The van der Waals surface area contributed by atoms with Crippen LogP contribution in [0.4, 0.5) is 4.79 Å². The molecule has 1 fully saturated rings. The van der Waals surface area contributed by atoms with Crippen LogP contribution in [0.3, 0.4) is 0 Å². The van der Waals surface area contributed by atoms with Crippen LogP contribution in [-0.2, 0) is 18.7 Å². The summed E-state index contributed by atoms with van der Waals surface area (Å²) >= 11 is 1.37. The van der Waals surface area contributed by atoms with E-state index in [4.69, 9.17) is 19.3 Å². The van der Waals surface area contributed by atoms with E-state index in [2.05, 4.69) is 16.0 Å². The van der Waals surface area contributed by atoms with Crippen molar-refractivity contribution >= 4 is 23.9 Å². The van der Waals surface area contributed by atoms with Crippen LogP contribution in [-0.4, -0.2) is 79.1 Å². The van der Waals surface area contributed by atoms with Crippen LogP contribution in [0.25, 0.3) is 11.3 Å². The fraction of sp³-hybridized carbons (Fsp3) is 0.519. The Bertz CT molecular complexity index is 1370. The van der Waals surface area contributed by atoms with Crippen molar-refractivity contribution in [2.75, 3.05) is 26.7 Å². The van der Waals surface area contributed by atoms with Gasteiger partial charge in [-0.25, -0.2) is 4.79 Å². The molecule has 11 heteroatoms. The predicted molar refractivity (Wildman–Crippen MR) is 148 cm³/mol. The molecule has 202 valence electrons. The molecule has 4 aliphatic rings. The van der Waals surface area contributed by atoms with Crippen LogP contribution in [0.15, 0.2) is 16.7 Å². The van der Waals surface area contributed by atoms with Crippen molar-refractivity contribution in [1.29, 1.82) is 0 Å². The Kier molecular flexibility index (Phi) is 7.08. The molecule has 1 aromatic heterocycles. The summed E-state index contributed by atoms with van der Waals surface area (Å²) < 4.78 is 10.3. The van der Waals surface area contributed by atoms with Gasteiger partial charge in [0, 0.05) is 40.7 Å². The van der Waals surface area contributed by atoms with Crippen molar-refractivity contribution in [2.45, 2.75) is 65.3 Å². The van der Waals surface area contributed by atoms with E-state index in [-0.39, 0.29) is 0 Å². The maximum atomic E-state index is 12.5. The highest BCUT2D eigenvalue weighted by Gasteiger charge is 2.37. The highest BCUT2D eigenvalue weighted by molar-refractivity contribution is 7.97. The van der Waals surface area contributed by atoms with E-state index in [1.54, 1.807) is 18.1 Å². The highest BCUT2D eigenvalue weighted by Crippen LogP contribution is 2.40. The van der Waals surface area contributed by atoms with Gasteiger partial charge in [0.15, 0.2) is 5.84 Å². The number of nitrogens with zero attached hydrogens (tertiary/aromatic N) is 7. The fourth-order valence-corrected chi connectivity index (χ4v) is 6.02. The standard InChI is InChI=1S/C27H35N7O3S/c1-16-13-28-21(17(2)24(16)37-6)14-33-29-20-12-18(8-11-32-9-7-10-32)19-15-38-31-25(23(30-33)22(19)20)34(26(35)36)27(3,4)5/h12-13H,7-11,14-15H2,1-6H3,(H,35,36). The third-order valence-corrected chi connectivity index (χ3v) is 7.98. The second-order valence-electron chi connectivity index (χ2n) is 11.0. The average molecular weight is 538 g/mol. The molecular weight excluding hydrogens is 502 g/mol. The molecule has 1 aromatic rings. The van der Waals surface area contributed by atoms with Crippen molar-refractivity contribution in [3.63, 3.8) is 0 Å². The average Bonchev–Trinajstić information content (AvgIpc) is 3.04. The number of hydrogen-bond donors (Lipinski definition) is 1. The zero-order valence-corrected chi connectivity index (χ0v) is 23.7. The summed E-state index contributed by atoms with van der Waals surface area (Å²) in [5, 5.41) is 20.0. The van der Waals surface area contributed by atoms with Crippen molar-refractivity contribution < 1.29 is 14.6 Å². The van der Waals surface area contributed by atoms with E-state index in [0.29, 0.717) is 23.8 Å². The quantitative estimate of drug-likeness (QED) is 0.461. The van der Waals surface area contributed by atoms with E-state index in [0.717, 1.165) is 65.4 Å². The van der Waals surface area contributed by atoms with E-state index in [9.17, 15) is 9.90 Å². The van der Waals surface area contributed by atoms with Gasteiger partial charge in [-0.2, -0.15) is 19.4 Å². The van der Waals surface area contributed by atoms with Crippen LogP contribution in [0.2, 0.25) is 0 Å². The molecule has 3 aliphatic heterocycles. The molecule has 0 aromatic carbocycles. The lowest BCUT2D eigenvalue weighted by atomic mass is 10.0. The van der Waals surface area contributed by atoms with Gasteiger partial charge in [0.1, 0.15) is 18.0 Å². The minimum absolute atomic E-state index is 0.318. The van der Waals surface area contributed by atoms with Crippen molar-refractivity contribution in [3.8, 4) is 17.0 Å². The minimum atomic E-state index is -1.07. The second kappa shape index (κ2) is 10.2. The fourth-order valence-electron chi connectivity index (χ4n) is 5.20. The smallest absolute Gasteiger partial charge is 0.413 e. The molecule has 1 saturated heterocycles. The Labute approximate surface area is 227 Å². The first-order chi connectivity index (χ1) is 18.1. The number of amides is 1. The van der Waals surface area contributed by atoms with Gasteiger partial charge in [-0.1, -0.05) is 0 Å². The maximum Gasteiger partial charge on any atom is 0.413 e. The van der Waals surface area contributed by atoms with E-state index >= 15 is 0 Å². The molecular formula is C27H35N7O3S. The van der Waals surface area contributed by atoms with Gasteiger partial charge in [0.2, 0.25) is 0 Å². The molecule has 0 unspecified atom stereocenters. The lowest BCUT2D eigenvalue weighted by Crippen LogP contribution is -2.49. The molecule has 0 spiro atoms. The number of methoxy groups -OCH3 is 1. The molecule has 1 N–H and O–H groups in total. The number of aryl methyl sites for hydroxylation is 1. The van der Waals surface area contributed by atoms with Gasteiger partial charge in [-0.05, 0) is 89.7 Å². The van der Waals surface area contributed by atoms with Crippen molar-refractivity contribution in [3.05, 3.63) is 45.9 Å². The molecule has 10 nitrogen and oxygen atoms in total. The van der Waals surface area contributed by atoms with Gasteiger partial charge in [0.25, 0.3) is 0 Å². The number of ether oxygens (including phenoxy) is 1. The minimum Gasteiger partial charge on any atom is -0.496 e. The van der Waals surface area contributed by atoms with Crippen LogP contribution < -0.4 is 4.74 Å². The number of carboxylic acid groups (broad SMARTS) is 1. The summed E-state index contributed by atoms with van der Waals surface area (Å²) in [6, 6.07) is 2.15. The third kappa shape index (κ3) is 4.84.